The van der Waals surface area contributed by atoms with Crippen LogP contribution in [0.2, 0.25) is 5.02 Å². The molecule has 0 saturated carbocycles. The highest BCUT2D eigenvalue weighted by molar-refractivity contribution is 14.0. The van der Waals surface area contributed by atoms with Crippen LogP contribution in [0.1, 0.15) is 33.3 Å². The molecule has 6 heteroatoms. The highest BCUT2D eigenvalue weighted by Gasteiger charge is 2.11. The molecule has 3 nitrogen and oxygen atoms in total. The van der Waals surface area contributed by atoms with Crippen molar-refractivity contribution < 1.29 is 4.39 Å². The first-order chi connectivity index (χ1) is 9.31. The molecule has 0 aliphatic carbocycles. The van der Waals surface area contributed by atoms with Crippen LogP contribution < -0.4 is 10.6 Å². The molecule has 0 radical (unpaired) electrons. The molecule has 0 heterocycles. The fourth-order valence-electron chi connectivity index (χ4n) is 1.67. The minimum Gasteiger partial charge on any atom is -0.357 e. The Kier molecular flexibility index (Phi) is 9.20. The molecule has 0 spiro atoms. The van der Waals surface area contributed by atoms with Gasteiger partial charge in [-0.15, -0.1) is 24.0 Å². The number of halogens is 3. The van der Waals surface area contributed by atoms with Crippen LogP contribution in [-0.4, -0.2) is 24.6 Å². The summed E-state index contributed by atoms with van der Waals surface area (Å²) >= 11 is 5.99. The second kappa shape index (κ2) is 9.46. The van der Waals surface area contributed by atoms with E-state index in [1.54, 1.807) is 6.07 Å². The number of aliphatic imine (C=N–C) groups is 1. The summed E-state index contributed by atoms with van der Waals surface area (Å²) in [4.78, 5) is 4.50. The molecule has 1 aromatic rings. The van der Waals surface area contributed by atoms with Crippen LogP contribution in [-0.2, 0) is 6.42 Å². The number of nitrogens with one attached hydrogen (secondary N) is 2. The summed E-state index contributed by atoms with van der Waals surface area (Å²) in [5.41, 5.74) is 0.859. The summed E-state index contributed by atoms with van der Waals surface area (Å²) in [6.07, 6.45) is 0.680. The average molecular weight is 428 g/mol. The predicted molar refractivity (Wildman–Crippen MR) is 99.4 cm³/mol. The standard InChI is InChI=1S/C15H23ClFN3.HI/c1-5-18-14(20-15(2,3)4)19-9-8-11-6-7-12(17)10-13(11)16;/h6-7,10H,5,8-9H2,1-4H3,(H2,18,19,20);1H. The van der Waals surface area contributed by atoms with Crippen LogP contribution in [0, 0.1) is 5.82 Å². The van der Waals surface area contributed by atoms with Crippen molar-refractivity contribution in [3.8, 4) is 0 Å². The van der Waals surface area contributed by atoms with Crippen molar-refractivity contribution in [2.24, 2.45) is 4.99 Å². The van der Waals surface area contributed by atoms with E-state index in [1.807, 2.05) is 6.92 Å². The minimum atomic E-state index is -0.315. The lowest BCUT2D eigenvalue weighted by atomic mass is 10.1. The summed E-state index contributed by atoms with van der Waals surface area (Å²) < 4.78 is 13.0. The summed E-state index contributed by atoms with van der Waals surface area (Å²) in [5, 5.41) is 6.96. The first-order valence-corrected chi connectivity index (χ1v) is 7.20. The average Bonchev–Trinajstić information content (AvgIpc) is 2.30. The van der Waals surface area contributed by atoms with Gasteiger partial charge in [0.2, 0.25) is 0 Å². The Bertz CT molecular complexity index is 472. The van der Waals surface area contributed by atoms with E-state index in [2.05, 4.69) is 36.4 Å². The minimum absolute atomic E-state index is 0. The van der Waals surface area contributed by atoms with Gasteiger partial charge in [0.1, 0.15) is 5.82 Å². The first kappa shape index (κ1) is 20.4. The number of benzene rings is 1. The van der Waals surface area contributed by atoms with Gasteiger partial charge >= 0.3 is 0 Å². The van der Waals surface area contributed by atoms with Crippen LogP contribution in [0.3, 0.4) is 0 Å². The molecule has 120 valence electrons. The number of guanidine groups is 1. The summed E-state index contributed by atoms with van der Waals surface area (Å²) in [5.74, 6) is 0.461. The van der Waals surface area contributed by atoms with Gasteiger partial charge in [-0.05, 0) is 51.8 Å². The van der Waals surface area contributed by atoms with Crippen LogP contribution in [0.5, 0.6) is 0 Å². The molecule has 0 aliphatic rings. The maximum absolute atomic E-state index is 13.0. The molecule has 0 amide bonds. The Morgan fingerprint density at radius 1 is 1.33 bits per heavy atom. The SMILES string of the molecule is CCNC(=NCCc1ccc(F)cc1Cl)NC(C)(C)C.I. The molecular formula is C15H24ClFIN3. The van der Waals surface area contributed by atoms with Crippen molar-refractivity contribution in [2.75, 3.05) is 13.1 Å². The van der Waals surface area contributed by atoms with Gasteiger partial charge in [0.05, 0.1) is 0 Å². The van der Waals surface area contributed by atoms with Crippen LogP contribution in [0.15, 0.2) is 23.2 Å². The monoisotopic (exact) mass is 427 g/mol. The Hall–Kier alpha value is -0.560. The van der Waals surface area contributed by atoms with Crippen molar-refractivity contribution in [2.45, 2.75) is 39.7 Å². The lowest BCUT2D eigenvalue weighted by molar-refractivity contribution is 0.501. The quantitative estimate of drug-likeness (QED) is 0.433. The van der Waals surface area contributed by atoms with Gasteiger partial charge in [-0.1, -0.05) is 17.7 Å². The zero-order valence-corrected chi connectivity index (χ0v) is 16.1. The van der Waals surface area contributed by atoms with Crippen molar-refractivity contribution in [1.82, 2.24) is 10.6 Å². The third kappa shape index (κ3) is 8.46. The Morgan fingerprint density at radius 2 is 2.00 bits per heavy atom. The van der Waals surface area contributed by atoms with Crippen molar-refractivity contribution >= 4 is 41.5 Å². The normalized spacial score (nSPS) is 11.8. The van der Waals surface area contributed by atoms with Gasteiger partial charge in [0.25, 0.3) is 0 Å². The third-order valence-electron chi connectivity index (χ3n) is 2.50. The van der Waals surface area contributed by atoms with E-state index in [-0.39, 0.29) is 35.3 Å². The number of nitrogens with zero attached hydrogens (tertiary/aromatic N) is 1. The third-order valence-corrected chi connectivity index (χ3v) is 2.86. The Labute approximate surface area is 148 Å². The molecule has 1 rings (SSSR count). The van der Waals surface area contributed by atoms with E-state index >= 15 is 0 Å². The lowest BCUT2D eigenvalue weighted by Gasteiger charge is -2.23. The molecule has 2 N–H and O–H groups in total. The van der Waals surface area contributed by atoms with E-state index < -0.39 is 0 Å². The maximum atomic E-state index is 13.0. The van der Waals surface area contributed by atoms with Crippen LogP contribution in [0.25, 0.3) is 0 Å². The summed E-state index contributed by atoms with van der Waals surface area (Å²) in [6, 6.07) is 4.46. The Balaban J connectivity index is 0.00000400. The molecule has 21 heavy (non-hydrogen) atoms. The topological polar surface area (TPSA) is 36.4 Å². The molecular weight excluding hydrogens is 404 g/mol. The summed E-state index contributed by atoms with van der Waals surface area (Å²) in [7, 11) is 0. The fourth-order valence-corrected chi connectivity index (χ4v) is 1.94. The van der Waals surface area contributed by atoms with Gasteiger partial charge in [-0.3, -0.25) is 4.99 Å². The zero-order chi connectivity index (χ0) is 15.2. The largest absolute Gasteiger partial charge is 0.357 e. The van der Waals surface area contributed by atoms with Gasteiger partial charge in [0.15, 0.2) is 5.96 Å². The van der Waals surface area contributed by atoms with Crippen LogP contribution >= 0.6 is 35.6 Å². The van der Waals surface area contributed by atoms with Crippen molar-refractivity contribution in [3.63, 3.8) is 0 Å². The van der Waals surface area contributed by atoms with Crippen LogP contribution in [0.4, 0.5) is 4.39 Å². The summed E-state index contributed by atoms with van der Waals surface area (Å²) in [6.45, 7) is 9.66. The highest BCUT2D eigenvalue weighted by atomic mass is 127. The Morgan fingerprint density at radius 3 is 2.52 bits per heavy atom. The molecule has 0 aliphatic heterocycles. The molecule has 0 aromatic heterocycles. The molecule has 0 fully saturated rings. The first-order valence-electron chi connectivity index (χ1n) is 6.82. The lowest BCUT2D eigenvalue weighted by Crippen LogP contribution is -2.47. The van der Waals surface area contributed by atoms with E-state index in [1.165, 1.54) is 12.1 Å². The number of hydrogen-bond donors (Lipinski definition) is 2. The molecule has 0 bridgehead atoms. The zero-order valence-electron chi connectivity index (χ0n) is 13.0. The van der Waals surface area contributed by atoms with Gasteiger partial charge < -0.3 is 10.6 Å². The number of rotatable bonds is 4. The van der Waals surface area contributed by atoms with Crippen molar-refractivity contribution in [3.05, 3.63) is 34.6 Å². The molecule has 0 atom stereocenters. The van der Waals surface area contributed by atoms with Gasteiger partial charge in [-0.2, -0.15) is 0 Å². The molecule has 1 aromatic carbocycles. The molecule has 0 unspecified atom stereocenters. The fraction of sp³-hybridized carbons (Fsp3) is 0.533. The van der Waals surface area contributed by atoms with Crippen molar-refractivity contribution in [1.29, 1.82) is 0 Å². The highest BCUT2D eigenvalue weighted by Crippen LogP contribution is 2.17. The van der Waals surface area contributed by atoms with E-state index in [0.717, 1.165) is 18.1 Å². The second-order valence-electron chi connectivity index (χ2n) is 5.62. The second-order valence-corrected chi connectivity index (χ2v) is 6.03. The number of hydrogen-bond acceptors (Lipinski definition) is 1. The molecule has 0 saturated heterocycles. The van der Waals surface area contributed by atoms with E-state index in [0.29, 0.717) is 18.0 Å². The van der Waals surface area contributed by atoms with Gasteiger partial charge in [-0.25, -0.2) is 4.39 Å². The van der Waals surface area contributed by atoms with Gasteiger partial charge in [0, 0.05) is 23.7 Å². The van der Waals surface area contributed by atoms with E-state index in [9.17, 15) is 4.39 Å². The smallest absolute Gasteiger partial charge is 0.191 e. The predicted octanol–water partition coefficient (Wildman–Crippen LogP) is 3.99. The van der Waals surface area contributed by atoms with E-state index in [4.69, 9.17) is 11.6 Å². The maximum Gasteiger partial charge on any atom is 0.191 e.